The van der Waals surface area contributed by atoms with Crippen LogP contribution in [0.25, 0.3) is 10.9 Å². The van der Waals surface area contributed by atoms with Crippen molar-refractivity contribution in [3.05, 3.63) is 36.0 Å². The van der Waals surface area contributed by atoms with E-state index in [0.717, 1.165) is 35.9 Å². The van der Waals surface area contributed by atoms with Crippen LogP contribution in [-0.2, 0) is 9.47 Å². The Balaban J connectivity index is 1.57. The maximum atomic E-state index is 13.0. The molecule has 0 unspecified atom stereocenters. The fourth-order valence-corrected chi connectivity index (χ4v) is 3.79. The number of ether oxygens (including phenoxy) is 2. The molecular weight excluding hydrogens is 292 g/mol. The van der Waals surface area contributed by atoms with Gasteiger partial charge in [0.2, 0.25) is 0 Å². The highest BCUT2D eigenvalue weighted by Crippen LogP contribution is 2.34. The summed E-state index contributed by atoms with van der Waals surface area (Å²) in [6, 6.07) is 7.85. The molecular formula is C18H22N2O3. The van der Waals surface area contributed by atoms with Crippen molar-refractivity contribution in [2.24, 2.45) is 5.92 Å². The predicted octanol–water partition coefficient (Wildman–Crippen LogP) is 2.78. The third kappa shape index (κ3) is 2.54. The number of amides is 1. The van der Waals surface area contributed by atoms with Gasteiger partial charge in [-0.1, -0.05) is 12.1 Å². The van der Waals surface area contributed by atoms with Gasteiger partial charge in [-0.25, -0.2) is 0 Å². The van der Waals surface area contributed by atoms with E-state index in [2.05, 4.69) is 4.98 Å². The van der Waals surface area contributed by atoms with Gasteiger partial charge in [0.1, 0.15) is 0 Å². The molecule has 1 amide bonds. The monoisotopic (exact) mass is 314 g/mol. The zero-order chi connectivity index (χ0) is 15.9. The number of rotatable bonds is 2. The molecule has 3 heterocycles. The van der Waals surface area contributed by atoms with Crippen LogP contribution in [0.5, 0.6) is 0 Å². The summed E-state index contributed by atoms with van der Waals surface area (Å²) < 4.78 is 11.6. The van der Waals surface area contributed by atoms with Crippen molar-refractivity contribution >= 4 is 16.8 Å². The minimum absolute atomic E-state index is 0.0874. The van der Waals surface area contributed by atoms with Crippen molar-refractivity contribution in [3.63, 3.8) is 0 Å². The molecule has 2 fully saturated rings. The Labute approximate surface area is 135 Å². The lowest BCUT2D eigenvalue weighted by Gasteiger charge is -2.40. The molecule has 1 N–H and O–H groups in total. The molecule has 2 aromatic rings. The van der Waals surface area contributed by atoms with Crippen molar-refractivity contribution in [1.29, 1.82) is 0 Å². The number of aromatic nitrogens is 1. The molecule has 0 radical (unpaired) electrons. The lowest BCUT2D eigenvalue weighted by atomic mass is 9.90. The zero-order valence-corrected chi connectivity index (χ0v) is 13.4. The predicted molar refractivity (Wildman–Crippen MR) is 87.2 cm³/mol. The van der Waals surface area contributed by atoms with Gasteiger partial charge in [0.15, 0.2) is 5.79 Å². The highest BCUT2D eigenvalue weighted by molar-refractivity contribution is 6.05. The number of hydrogen-bond donors (Lipinski definition) is 1. The minimum Gasteiger partial charge on any atom is -0.361 e. The van der Waals surface area contributed by atoms with Crippen molar-refractivity contribution in [3.8, 4) is 0 Å². The topological polar surface area (TPSA) is 54.6 Å². The number of benzene rings is 1. The van der Waals surface area contributed by atoms with Crippen LogP contribution < -0.4 is 0 Å². The fourth-order valence-electron chi connectivity index (χ4n) is 3.79. The van der Waals surface area contributed by atoms with E-state index in [1.165, 1.54) is 0 Å². The second-order valence-corrected chi connectivity index (χ2v) is 6.55. The number of carbonyl (C=O) groups is 1. The number of nitrogens with zero attached hydrogens (tertiary/aromatic N) is 1. The number of nitrogens with one attached hydrogen (secondary N) is 1. The van der Waals surface area contributed by atoms with E-state index >= 15 is 0 Å². The SMILES string of the molecule is CC1([C@@H]2CCCN(C(=O)c3cccc4cc[nH]c34)C2)OCCO1. The number of fused-ring (bicyclic) bond motifs is 1. The lowest BCUT2D eigenvalue weighted by molar-refractivity contribution is -0.189. The maximum Gasteiger partial charge on any atom is 0.255 e. The van der Waals surface area contributed by atoms with Crippen molar-refractivity contribution < 1.29 is 14.3 Å². The average Bonchev–Trinajstić information content (AvgIpc) is 3.23. The Morgan fingerprint density at radius 3 is 2.96 bits per heavy atom. The highest BCUT2D eigenvalue weighted by atomic mass is 16.7. The van der Waals surface area contributed by atoms with Gasteiger partial charge in [0.05, 0.1) is 24.3 Å². The second-order valence-electron chi connectivity index (χ2n) is 6.55. The molecule has 122 valence electrons. The molecule has 1 aromatic heterocycles. The first kappa shape index (κ1) is 14.7. The summed E-state index contributed by atoms with van der Waals surface area (Å²) in [6.45, 7) is 4.77. The van der Waals surface area contributed by atoms with Crippen molar-refractivity contribution in [2.45, 2.75) is 25.6 Å². The summed E-state index contributed by atoms with van der Waals surface area (Å²) in [6.07, 6.45) is 3.90. The van der Waals surface area contributed by atoms with Gasteiger partial charge >= 0.3 is 0 Å². The maximum absolute atomic E-state index is 13.0. The molecule has 2 saturated heterocycles. The lowest BCUT2D eigenvalue weighted by Crippen LogP contribution is -2.48. The molecule has 0 saturated carbocycles. The van der Waals surface area contributed by atoms with Gasteiger partial charge < -0.3 is 19.4 Å². The molecule has 0 spiro atoms. The van der Waals surface area contributed by atoms with Crippen molar-refractivity contribution in [1.82, 2.24) is 9.88 Å². The first-order valence-corrected chi connectivity index (χ1v) is 8.31. The molecule has 0 aliphatic carbocycles. The van der Waals surface area contributed by atoms with Crippen LogP contribution >= 0.6 is 0 Å². The first-order chi connectivity index (χ1) is 11.2. The van der Waals surface area contributed by atoms with Gasteiger partial charge in [-0.3, -0.25) is 4.79 Å². The van der Waals surface area contributed by atoms with Crippen LogP contribution in [0, 0.1) is 5.92 Å². The molecule has 2 aliphatic heterocycles. The van der Waals surface area contributed by atoms with E-state index in [1.807, 2.05) is 42.3 Å². The Bertz CT molecular complexity index is 718. The fraction of sp³-hybridized carbons (Fsp3) is 0.500. The standard InChI is InChI=1S/C18H22N2O3/c1-18(22-10-11-23-18)14-5-3-9-20(12-14)17(21)15-6-2-4-13-7-8-19-16(13)15/h2,4,6-8,14,19H,3,5,9-12H2,1H3/t14-/m1/s1. The van der Waals surface area contributed by atoms with Crippen LogP contribution in [0.15, 0.2) is 30.5 Å². The number of carbonyl (C=O) groups excluding carboxylic acids is 1. The van der Waals surface area contributed by atoms with Gasteiger partial charge in [-0.15, -0.1) is 0 Å². The summed E-state index contributed by atoms with van der Waals surface area (Å²) in [5.74, 6) is -0.230. The number of hydrogen-bond acceptors (Lipinski definition) is 3. The van der Waals surface area contributed by atoms with Gasteiger partial charge in [0, 0.05) is 30.6 Å². The summed E-state index contributed by atoms with van der Waals surface area (Å²) in [4.78, 5) is 18.1. The first-order valence-electron chi connectivity index (χ1n) is 8.31. The molecule has 23 heavy (non-hydrogen) atoms. The number of piperidine rings is 1. The van der Waals surface area contributed by atoms with Crippen LogP contribution in [0.3, 0.4) is 0 Å². The molecule has 1 atom stereocenters. The van der Waals surface area contributed by atoms with Crippen LogP contribution in [0.1, 0.15) is 30.1 Å². The normalized spacial score (nSPS) is 24.2. The summed E-state index contributed by atoms with van der Waals surface area (Å²) >= 11 is 0. The Hall–Kier alpha value is -1.85. The zero-order valence-electron chi connectivity index (χ0n) is 13.4. The summed E-state index contributed by atoms with van der Waals surface area (Å²) in [7, 11) is 0. The number of para-hydroxylation sites is 1. The Morgan fingerprint density at radius 2 is 2.13 bits per heavy atom. The van der Waals surface area contributed by atoms with E-state index in [1.54, 1.807) is 0 Å². The molecule has 2 aliphatic rings. The summed E-state index contributed by atoms with van der Waals surface area (Å²) in [5, 5.41) is 1.07. The van der Waals surface area contributed by atoms with E-state index in [9.17, 15) is 4.79 Å². The number of H-pyrrole nitrogens is 1. The smallest absolute Gasteiger partial charge is 0.255 e. The third-order valence-corrected chi connectivity index (χ3v) is 5.13. The summed E-state index contributed by atoms with van der Waals surface area (Å²) in [5.41, 5.74) is 1.66. The van der Waals surface area contributed by atoms with E-state index in [4.69, 9.17) is 9.47 Å². The van der Waals surface area contributed by atoms with Crippen LogP contribution in [0.4, 0.5) is 0 Å². The van der Waals surface area contributed by atoms with Crippen LogP contribution in [0.2, 0.25) is 0 Å². The third-order valence-electron chi connectivity index (χ3n) is 5.13. The van der Waals surface area contributed by atoms with E-state index < -0.39 is 5.79 Å². The van der Waals surface area contributed by atoms with Gasteiger partial charge in [0.25, 0.3) is 5.91 Å². The second kappa shape index (κ2) is 5.65. The quantitative estimate of drug-likeness (QED) is 0.927. The Morgan fingerprint density at radius 1 is 1.30 bits per heavy atom. The molecule has 0 bridgehead atoms. The Kier molecular flexibility index (Phi) is 3.62. The number of likely N-dealkylation sites (tertiary alicyclic amines) is 1. The van der Waals surface area contributed by atoms with Gasteiger partial charge in [-0.2, -0.15) is 0 Å². The van der Waals surface area contributed by atoms with Crippen LogP contribution in [-0.4, -0.2) is 47.9 Å². The van der Waals surface area contributed by atoms with E-state index in [0.29, 0.717) is 19.8 Å². The van der Waals surface area contributed by atoms with E-state index in [-0.39, 0.29) is 11.8 Å². The average molecular weight is 314 g/mol. The number of aromatic amines is 1. The molecule has 5 heteroatoms. The largest absolute Gasteiger partial charge is 0.361 e. The van der Waals surface area contributed by atoms with Crippen molar-refractivity contribution in [2.75, 3.05) is 26.3 Å². The minimum atomic E-state index is -0.544. The molecule has 1 aromatic carbocycles. The molecule has 4 rings (SSSR count). The van der Waals surface area contributed by atoms with Gasteiger partial charge in [-0.05, 0) is 31.9 Å². The molecule has 5 nitrogen and oxygen atoms in total. The highest BCUT2D eigenvalue weighted by Gasteiger charge is 2.42.